The first-order valence-electron chi connectivity index (χ1n) is 9.66. The lowest BCUT2D eigenvalue weighted by molar-refractivity contribution is 0.0984. The first-order chi connectivity index (χ1) is 13.9. The first-order valence-corrected chi connectivity index (χ1v) is 10.5. The quantitative estimate of drug-likeness (QED) is 0.638. The van der Waals surface area contributed by atoms with Gasteiger partial charge in [0.2, 0.25) is 0 Å². The number of benzene rings is 2. The molecular weight excluding hydrogens is 386 g/mol. The fourth-order valence-corrected chi connectivity index (χ4v) is 4.26. The standard InChI is InChI=1S/C22H25N3O3S/c1-14-5-6-15(2)16(11-14)21(26)25(8-7-24(3)4)22-23-17-12-18-19(13-20(17)29-22)28-10-9-27-18/h5-6,11-13H,7-10H2,1-4H3. The number of amides is 1. The number of thiazole rings is 1. The maximum absolute atomic E-state index is 13.5. The molecule has 2 heterocycles. The van der Waals surface area contributed by atoms with Crippen molar-refractivity contribution in [3.05, 3.63) is 47.0 Å². The van der Waals surface area contributed by atoms with Crippen molar-refractivity contribution in [1.29, 1.82) is 0 Å². The van der Waals surface area contributed by atoms with E-state index in [0.717, 1.165) is 33.6 Å². The van der Waals surface area contributed by atoms with Crippen LogP contribution < -0.4 is 14.4 Å². The number of nitrogens with zero attached hydrogens (tertiary/aromatic N) is 3. The molecule has 1 aliphatic heterocycles. The van der Waals surface area contributed by atoms with Crippen LogP contribution in [0.4, 0.5) is 5.13 Å². The lowest BCUT2D eigenvalue weighted by Crippen LogP contribution is -2.37. The number of fused-ring (bicyclic) bond motifs is 2. The van der Waals surface area contributed by atoms with E-state index < -0.39 is 0 Å². The molecule has 0 saturated carbocycles. The Morgan fingerprint density at radius 2 is 1.79 bits per heavy atom. The summed E-state index contributed by atoms with van der Waals surface area (Å²) in [6.07, 6.45) is 0. The Morgan fingerprint density at radius 3 is 2.52 bits per heavy atom. The average Bonchev–Trinajstić information content (AvgIpc) is 3.10. The number of rotatable bonds is 5. The predicted octanol–water partition coefficient (Wildman–Crippen LogP) is 3.89. The molecule has 0 fully saturated rings. The van der Waals surface area contributed by atoms with Crippen LogP contribution in [0.1, 0.15) is 21.5 Å². The van der Waals surface area contributed by atoms with Gasteiger partial charge in [0.1, 0.15) is 13.2 Å². The summed E-state index contributed by atoms with van der Waals surface area (Å²) in [5.41, 5.74) is 3.57. The van der Waals surface area contributed by atoms with E-state index in [1.54, 1.807) is 4.90 Å². The fraction of sp³-hybridized carbons (Fsp3) is 0.364. The molecule has 0 atom stereocenters. The number of carbonyl (C=O) groups is 1. The molecular formula is C22H25N3O3S. The van der Waals surface area contributed by atoms with Crippen LogP contribution in [0.15, 0.2) is 30.3 Å². The van der Waals surface area contributed by atoms with Gasteiger partial charge in [-0.3, -0.25) is 9.69 Å². The third-order valence-corrected chi connectivity index (χ3v) is 5.95. The van der Waals surface area contributed by atoms with Crippen LogP contribution in [0, 0.1) is 13.8 Å². The van der Waals surface area contributed by atoms with Gasteiger partial charge in [-0.25, -0.2) is 4.98 Å². The normalized spacial score (nSPS) is 13.1. The first kappa shape index (κ1) is 19.7. The van der Waals surface area contributed by atoms with Gasteiger partial charge in [-0.05, 0) is 39.6 Å². The number of hydrogen-bond donors (Lipinski definition) is 0. The summed E-state index contributed by atoms with van der Waals surface area (Å²) in [4.78, 5) is 22.1. The van der Waals surface area contributed by atoms with Gasteiger partial charge in [0.25, 0.3) is 5.91 Å². The molecule has 0 bridgehead atoms. The summed E-state index contributed by atoms with van der Waals surface area (Å²) in [6, 6.07) is 9.83. The van der Waals surface area contributed by atoms with E-state index in [0.29, 0.717) is 36.2 Å². The lowest BCUT2D eigenvalue weighted by Gasteiger charge is -2.23. The van der Waals surface area contributed by atoms with E-state index in [1.165, 1.54) is 11.3 Å². The van der Waals surface area contributed by atoms with Crippen molar-refractivity contribution < 1.29 is 14.3 Å². The van der Waals surface area contributed by atoms with Crippen molar-refractivity contribution in [3.8, 4) is 11.5 Å². The zero-order valence-corrected chi connectivity index (χ0v) is 18.0. The van der Waals surface area contributed by atoms with Crippen molar-refractivity contribution in [1.82, 2.24) is 9.88 Å². The van der Waals surface area contributed by atoms with Crippen molar-refractivity contribution in [2.75, 3.05) is 45.3 Å². The van der Waals surface area contributed by atoms with Crippen molar-refractivity contribution in [2.45, 2.75) is 13.8 Å². The average molecular weight is 412 g/mol. The third kappa shape index (κ3) is 4.06. The smallest absolute Gasteiger partial charge is 0.260 e. The van der Waals surface area contributed by atoms with E-state index in [2.05, 4.69) is 4.90 Å². The minimum Gasteiger partial charge on any atom is -0.486 e. The predicted molar refractivity (Wildman–Crippen MR) is 117 cm³/mol. The molecule has 3 aromatic rings. The van der Waals surface area contributed by atoms with Crippen LogP contribution in [-0.2, 0) is 0 Å². The van der Waals surface area contributed by atoms with Crippen LogP contribution in [0.2, 0.25) is 0 Å². The van der Waals surface area contributed by atoms with Gasteiger partial charge >= 0.3 is 0 Å². The zero-order chi connectivity index (χ0) is 20.5. The summed E-state index contributed by atoms with van der Waals surface area (Å²) in [5, 5.41) is 0.690. The highest BCUT2D eigenvalue weighted by molar-refractivity contribution is 7.22. The van der Waals surface area contributed by atoms with E-state index in [4.69, 9.17) is 14.5 Å². The van der Waals surface area contributed by atoms with E-state index in [9.17, 15) is 4.79 Å². The number of hydrogen-bond acceptors (Lipinski definition) is 6. The molecule has 0 spiro atoms. The van der Waals surface area contributed by atoms with E-state index >= 15 is 0 Å². The van der Waals surface area contributed by atoms with Crippen LogP contribution in [0.25, 0.3) is 10.2 Å². The highest BCUT2D eigenvalue weighted by Gasteiger charge is 2.24. The molecule has 0 aliphatic carbocycles. The Balaban J connectivity index is 1.74. The zero-order valence-electron chi connectivity index (χ0n) is 17.2. The Morgan fingerprint density at radius 1 is 1.07 bits per heavy atom. The maximum atomic E-state index is 13.5. The molecule has 29 heavy (non-hydrogen) atoms. The van der Waals surface area contributed by atoms with Gasteiger partial charge < -0.3 is 14.4 Å². The van der Waals surface area contributed by atoms with Gasteiger partial charge in [0.15, 0.2) is 16.6 Å². The summed E-state index contributed by atoms with van der Waals surface area (Å²) in [7, 11) is 4.00. The molecule has 6 nitrogen and oxygen atoms in total. The van der Waals surface area contributed by atoms with Gasteiger partial charge in [-0.2, -0.15) is 0 Å². The monoisotopic (exact) mass is 411 g/mol. The summed E-state index contributed by atoms with van der Waals surface area (Å²) >= 11 is 1.50. The Hall–Kier alpha value is -2.64. The summed E-state index contributed by atoms with van der Waals surface area (Å²) < 4.78 is 12.4. The molecule has 0 N–H and O–H groups in total. The lowest BCUT2D eigenvalue weighted by atomic mass is 10.0. The summed E-state index contributed by atoms with van der Waals surface area (Å²) in [5.74, 6) is 1.42. The van der Waals surface area contributed by atoms with E-state index in [-0.39, 0.29) is 5.91 Å². The van der Waals surface area contributed by atoms with Gasteiger partial charge in [-0.15, -0.1) is 0 Å². The van der Waals surface area contributed by atoms with Crippen LogP contribution in [0.5, 0.6) is 11.5 Å². The molecule has 0 radical (unpaired) electrons. The molecule has 0 saturated heterocycles. The highest BCUT2D eigenvalue weighted by Crippen LogP contribution is 2.39. The minimum absolute atomic E-state index is 0.0237. The van der Waals surface area contributed by atoms with Crippen LogP contribution >= 0.6 is 11.3 Å². The molecule has 2 aromatic carbocycles. The molecule has 4 rings (SSSR count). The van der Waals surface area contributed by atoms with Crippen molar-refractivity contribution >= 4 is 32.6 Å². The second kappa shape index (κ2) is 8.00. The molecule has 1 amide bonds. The molecule has 1 aromatic heterocycles. The van der Waals surface area contributed by atoms with E-state index in [1.807, 2.05) is 58.3 Å². The Kier molecular flexibility index (Phi) is 5.43. The Bertz CT molecular complexity index is 1020. The topological polar surface area (TPSA) is 54.9 Å². The third-order valence-electron chi connectivity index (χ3n) is 4.91. The van der Waals surface area contributed by atoms with Gasteiger partial charge in [-0.1, -0.05) is 29.0 Å². The Labute approximate surface area is 174 Å². The van der Waals surface area contributed by atoms with Crippen LogP contribution in [-0.4, -0.2) is 56.2 Å². The molecule has 152 valence electrons. The largest absolute Gasteiger partial charge is 0.486 e. The fourth-order valence-electron chi connectivity index (χ4n) is 3.26. The molecule has 1 aliphatic rings. The van der Waals surface area contributed by atoms with Crippen molar-refractivity contribution in [3.63, 3.8) is 0 Å². The summed E-state index contributed by atoms with van der Waals surface area (Å²) in [6.45, 7) is 6.36. The number of aromatic nitrogens is 1. The van der Waals surface area contributed by atoms with Crippen molar-refractivity contribution in [2.24, 2.45) is 0 Å². The number of ether oxygens (including phenoxy) is 2. The number of aryl methyl sites for hydroxylation is 2. The molecule has 0 unspecified atom stereocenters. The minimum atomic E-state index is -0.0237. The number of anilines is 1. The molecule has 7 heteroatoms. The second-order valence-corrected chi connectivity index (χ2v) is 8.55. The SMILES string of the molecule is Cc1ccc(C)c(C(=O)N(CCN(C)C)c2nc3cc4c(cc3s2)OCCO4)c1. The second-order valence-electron chi connectivity index (χ2n) is 7.54. The van der Waals surface area contributed by atoms with Gasteiger partial charge in [0.05, 0.1) is 10.2 Å². The number of carbonyl (C=O) groups excluding carboxylic acids is 1. The number of likely N-dealkylation sites (N-methyl/N-ethyl adjacent to an activating group) is 1. The maximum Gasteiger partial charge on any atom is 0.260 e. The van der Waals surface area contributed by atoms with Gasteiger partial charge in [0, 0.05) is 30.8 Å². The highest BCUT2D eigenvalue weighted by atomic mass is 32.1. The van der Waals surface area contributed by atoms with Crippen LogP contribution in [0.3, 0.4) is 0 Å².